The van der Waals surface area contributed by atoms with Gasteiger partial charge in [0.05, 0.1) is 6.33 Å². The van der Waals surface area contributed by atoms with E-state index in [0.717, 1.165) is 6.42 Å². The normalized spacial score (nSPS) is 12.1. The molecule has 1 rings (SSSR count). The van der Waals surface area contributed by atoms with Crippen molar-refractivity contribution in [2.24, 2.45) is 5.73 Å². The van der Waals surface area contributed by atoms with E-state index in [1.54, 1.807) is 0 Å². The summed E-state index contributed by atoms with van der Waals surface area (Å²) >= 11 is 0. The number of H-pyrrole nitrogens is 1. The van der Waals surface area contributed by atoms with Crippen molar-refractivity contribution in [2.75, 3.05) is 6.54 Å². The molecule has 0 spiro atoms. The number of carbonyl (C=O) groups excluding carboxylic acids is 1. The maximum absolute atomic E-state index is 11.5. The Morgan fingerprint density at radius 3 is 2.83 bits per heavy atom. The van der Waals surface area contributed by atoms with E-state index in [4.69, 9.17) is 10.8 Å². The molecule has 0 aliphatic rings. The lowest BCUT2D eigenvalue weighted by Gasteiger charge is -2.13. The Bertz CT molecular complexity index is 378. The van der Waals surface area contributed by atoms with E-state index < -0.39 is 12.0 Å². The van der Waals surface area contributed by atoms with E-state index in [2.05, 4.69) is 15.3 Å². The predicted octanol–water partition coefficient (Wildman–Crippen LogP) is -0.349. The van der Waals surface area contributed by atoms with Gasteiger partial charge in [0.25, 0.3) is 0 Å². The highest BCUT2D eigenvalue weighted by molar-refractivity contribution is 5.83. The van der Waals surface area contributed by atoms with Crippen LogP contribution >= 0.6 is 0 Å². The highest BCUT2D eigenvalue weighted by atomic mass is 16.4. The highest BCUT2D eigenvalue weighted by Crippen LogP contribution is 2.01. The van der Waals surface area contributed by atoms with Crippen LogP contribution in [0.2, 0.25) is 0 Å². The van der Waals surface area contributed by atoms with Crippen LogP contribution in [0.3, 0.4) is 0 Å². The molecule has 1 aromatic heterocycles. The second-order valence-electron chi connectivity index (χ2n) is 3.99. The molecule has 0 aliphatic heterocycles. The SMILES string of the molecule is NCCCCC(=O)N[C@@H](Cc1cnc[nH]1)C(=O)O. The maximum atomic E-state index is 11.5. The molecule has 0 radical (unpaired) electrons. The van der Waals surface area contributed by atoms with E-state index in [1.165, 1.54) is 12.5 Å². The summed E-state index contributed by atoms with van der Waals surface area (Å²) in [4.78, 5) is 29.1. The van der Waals surface area contributed by atoms with Gasteiger partial charge in [0.15, 0.2) is 0 Å². The smallest absolute Gasteiger partial charge is 0.326 e. The number of aromatic amines is 1. The molecule has 0 saturated heterocycles. The van der Waals surface area contributed by atoms with Gasteiger partial charge in [-0.2, -0.15) is 0 Å². The summed E-state index contributed by atoms with van der Waals surface area (Å²) in [6.45, 7) is 0.532. The predicted molar refractivity (Wildman–Crippen MR) is 64.8 cm³/mol. The number of imidazole rings is 1. The number of amides is 1. The topological polar surface area (TPSA) is 121 Å². The standard InChI is InChI=1S/C11H18N4O3/c12-4-2-1-3-10(16)15-9(11(17)18)5-8-6-13-7-14-8/h6-7,9H,1-5,12H2,(H,13,14)(H,15,16)(H,17,18)/t9-/m0/s1. The van der Waals surface area contributed by atoms with Gasteiger partial charge in [0.1, 0.15) is 6.04 Å². The molecule has 18 heavy (non-hydrogen) atoms. The van der Waals surface area contributed by atoms with Crippen LogP contribution in [-0.2, 0) is 16.0 Å². The molecule has 100 valence electrons. The van der Waals surface area contributed by atoms with Crippen molar-refractivity contribution in [1.82, 2.24) is 15.3 Å². The van der Waals surface area contributed by atoms with Crippen molar-refractivity contribution in [1.29, 1.82) is 0 Å². The molecular weight excluding hydrogens is 236 g/mol. The van der Waals surface area contributed by atoms with Gasteiger partial charge in [-0.15, -0.1) is 0 Å². The average Bonchev–Trinajstić information content (AvgIpc) is 2.81. The van der Waals surface area contributed by atoms with Gasteiger partial charge in [-0.25, -0.2) is 9.78 Å². The summed E-state index contributed by atoms with van der Waals surface area (Å²) < 4.78 is 0. The van der Waals surface area contributed by atoms with Crippen LogP contribution in [0.25, 0.3) is 0 Å². The first kappa shape index (κ1) is 14.2. The minimum Gasteiger partial charge on any atom is -0.480 e. The second kappa shape index (κ2) is 7.44. The van der Waals surface area contributed by atoms with Crippen LogP contribution in [-0.4, -0.2) is 39.5 Å². The molecule has 0 saturated carbocycles. The van der Waals surface area contributed by atoms with Gasteiger partial charge in [0, 0.05) is 24.7 Å². The van der Waals surface area contributed by atoms with Gasteiger partial charge < -0.3 is 21.1 Å². The summed E-state index contributed by atoms with van der Waals surface area (Å²) in [6.07, 6.45) is 4.92. The van der Waals surface area contributed by atoms with Gasteiger partial charge in [-0.1, -0.05) is 0 Å². The number of aromatic nitrogens is 2. The van der Waals surface area contributed by atoms with E-state index in [9.17, 15) is 9.59 Å². The molecule has 1 atom stereocenters. The van der Waals surface area contributed by atoms with Crippen molar-refractivity contribution >= 4 is 11.9 Å². The Morgan fingerprint density at radius 2 is 2.28 bits per heavy atom. The molecular formula is C11H18N4O3. The van der Waals surface area contributed by atoms with Crippen LogP contribution < -0.4 is 11.1 Å². The summed E-state index contributed by atoms with van der Waals surface area (Å²) in [5.41, 5.74) is 5.99. The Morgan fingerprint density at radius 1 is 1.50 bits per heavy atom. The third-order valence-corrected chi connectivity index (χ3v) is 2.47. The molecule has 1 heterocycles. The highest BCUT2D eigenvalue weighted by Gasteiger charge is 2.20. The number of aliphatic carboxylic acids is 1. The van der Waals surface area contributed by atoms with Crippen molar-refractivity contribution in [2.45, 2.75) is 31.7 Å². The fourth-order valence-electron chi connectivity index (χ4n) is 1.51. The number of hydrogen-bond donors (Lipinski definition) is 4. The van der Waals surface area contributed by atoms with Crippen LogP contribution in [0.15, 0.2) is 12.5 Å². The average molecular weight is 254 g/mol. The monoisotopic (exact) mass is 254 g/mol. The number of rotatable bonds is 8. The molecule has 0 bridgehead atoms. The Balaban J connectivity index is 2.42. The van der Waals surface area contributed by atoms with Crippen molar-refractivity contribution in [3.63, 3.8) is 0 Å². The third kappa shape index (κ3) is 4.96. The zero-order valence-electron chi connectivity index (χ0n) is 10.1. The zero-order valence-corrected chi connectivity index (χ0v) is 10.1. The lowest BCUT2D eigenvalue weighted by atomic mass is 10.1. The Hall–Kier alpha value is -1.89. The number of carboxylic acid groups (broad SMARTS) is 1. The van der Waals surface area contributed by atoms with Crippen molar-refractivity contribution < 1.29 is 14.7 Å². The number of carboxylic acids is 1. The Kier molecular flexibility index (Phi) is 5.86. The fraction of sp³-hybridized carbons (Fsp3) is 0.545. The van der Waals surface area contributed by atoms with Crippen LogP contribution in [0.1, 0.15) is 25.0 Å². The fourth-order valence-corrected chi connectivity index (χ4v) is 1.51. The molecule has 1 aromatic rings. The van der Waals surface area contributed by atoms with Crippen LogP contribution in [0.4, 0.5) is 0 Å². The van der Waals surface area contributed by atoms with Gasteiger partial charge in [0.2, 0.25) is 5.91 Å². The summed E-state index contributed by atoms with van der Waals surface area (Å²) in [7, 11) is 0. The molecule has 5 N–H and O–H groups in total. The van der Waals surface area contributed by atoms with E-state index in [0.29, 0.717) is 25.1 Å². The summed E-state index contributed by atoms with van der Waals surface area (Å²) in [5, 5.41) is 11.5. The molecule has 7 nitrogen and oxygen atoms in total. The van der Waals surface area contributed by atoms with Crippen LogP contribution in [0.5, 0.6) is 0 Å². The first-order valence-corrected chi connectivity index (χ1v) is 5.83. The largest absolute Gasteiger partial charge is 0.480 e. The van der Waals surface area contributed by atoms with Crippen molar-refractivity contribution in [3.8, 4) is 0 Å². The lowest BCUT2D eigenvalue weighted by molar-refractivity contribution is -0.141. The number of nitrogens with zero attached hydrogens (tertiary/aromatic N) is 1. The summed E-state index contributed by atoms with van der Waals surface area (Å²) in [5.74, 6) is -1.33. The minimum atomic E-state index is -1.06. The molecule has 0 unspecified atom stereocenters. The molecule has 0 aliphatic carbocycles. The number of carbonyl (C=O) groups is 2. The zero-order chi connectivity index (χ0) is 13.4. The minimum absolute atomic E-state index is 0.192. The van der Waals surface area contributed by atoms with E-state index in [1.807, 2.05) is 0 Å². The maximum Gasteiger partial charge on any atom is 0.326 e. The quantitative estimate of drug-likeness (QED) is 0.472. The first-order valence-electron chi connectivity index (χ1n) is 5.83. The Labute approximate surface area is 105 Å². The number of hydrogen-bond acceptors (Lipinski definition) is 4. The van der Waals surface area contributed by atoms with Crippen LogP contribution in [0, 0.1) is 0 Å². The number of nitrogens with one attached hydrogen (secondary N) is 2. The second-order valence-corrected chi connectivity index (χ2v) is 3.99. The lowest BCUT2D eigenvalue weighted by Crippen LogP contribution is -2.42. The third-order valence-electron chi connectivity index (χ3n) is 2.47. The number of nitrogens with two attached hydrogens (primary N) is 1. The van der Waals surface area contributed by atoms with Crippen molar-refractivity contribution in [3.05, 3.63) is 18.2 Å². The molecule has 0 aromatic carbocycles. The molecule has 7 heteroatoms. The number of unbranched alkanes of at least 4 members (excludes halogenated alkanes) is 1. The summed E-state index contributed by atoms with van der Waals surface area (Å²) in [6, 6.07) is -0.934. The molecule has 0 fully saturated rings. The van der Waals surface area contributed by atoms with E-state index in [-0.39, 0.29) is 12.3 Å². The van der Waals surface area contributed by atoms with Gasteiger partial charge in [-0.3, -0.25) is 4.79 Å². The first-order chi connectivity index (χ1) is 8.63. The van der Waals surface area contributed by atoms with E-state index >= 15 is 0 Å². The molecule has 1 amide bonds. The van der Waals surface area contributed by atoms with Gasteiger partial charge in [-0.05, 0) is 19.4 Å². The van der Waals surface area contributed by atoms with Gasteiger partial charge >= 0.3 is 5.97 Å².